The van der Waals surface area contributed by atoms with E-state index >= 15 is 0 Å². The van der Waals surface area contributed by atoms with E-state index < -0.39 is 46.8 Å². The second-order valence-corrected chi connectivity index (χ2v) is 19.0. The highest BCUT2D eigenvalue weighted by Gasteiger charge is 2.22. The Bertz CT molecular complexity index is 1900. The number of amides is 4. The van der Waals surface area contributed by atoms with Gasteiger partial charge in [-0.05, 0) is 132 Å². The summed E-state index contributed by atoms with van der Waals surface area (Å²) >= 11 is 0. The summed E-state index contributed by atoms with van der Waals surface area (Å²) in [5.41, 5.74) is -0.131. The fourth-order valence-corrected chi connectivity index (χ4v) is 5.81. The summed E-state index contributed by atoms with van der Waals surface area (Å²) in [6.45, 7) is 23.7. The zero-order chi connectivity index (χ0) is 47.3. The van der Waals surface area contributed by atoms with E-state index in [-0.39, 0.29) is 0 Å². The molecule has 0 atom stereocenters. The van der Waals surface area contributed by atoms with E-state index in [1.165, 1.54) is 0 Å². The Balaban J connectivity index is 1.65. The van der Waals surface area contributed by atoms with Crippen LogP contribution in [0.4, 0.5) is 42.4 Å². The first-order valence-electron chi connectivity index (χ1n) is 21.0. The van der Waals surface area contributed by atoms with Crippen molar-refractivity contribution < 1.29 is 38.1 Å². The van der Waals surface area contributed by atoms with Crippen molar-refractivity contribution in [2.75, 3.05) is 34.4 Å². The summed E-state index contributed by atoms with van der Waals surface area (Å²) in [5.74, 6) is 1.30. The van der Waals surface area contributed by atoms with Crippen molar-refractivity contribution in [3.8, 4) is 0 Å². The lowest BCUT2D eigenvalue weighted by molar-refractivity contribution is 0.0623. The van der Waals surface area contributed by atoms with Crippen LogP contribution >= 0.6 is 0 Å². The number of aromatic nitrogens is 4. The zero-order valence-electron chi connectivity index (χ0n) is 39.1. The van der Waals surface area contributed by atoms with Gasteiger partial charge in [-0.1, -0.05) is 24.3 Å². The first-order valence-corrected chi connectivity index (χ1v) is 21.0. The molecule has 18 nitrogen and oxygen atoms in total. The minimum Gasteiger partial charge on any atom is -0.444 e. The number of hydrogen-bond acceptors (Lipinski definition) is 14. The quantitative estimate of drug-likeness (QED) is 0.0820. The van der Waals surface area contributed by atoms with Crippen LogP contribution in [0.1, 0.15) is 106 Å². The molecule has 0 aliphatic heterocycles. The van der Waals surface area contributed by atoms with Crippen LogP contribution in [0.5, 0.6) is 0 Å². The second-order valence-electron chi connectivity index (χ2n) is 19.0. The molecular formula is C46H64N10O8. The molecule has 0 fully saturated rings. The average Bonchev–Trinajstić information content (AvgIpc) is 3.11. The molecule has 4 N–H and O–H groups in total. The van der Waals surface area contributed by atoms with Crippen molar-refractivity contribution >= 4 is 47.6 Å². The molecular weight excluding hydrogens is 821 g/mol. The van der Waals surface area contributed by atoms with Crippen LogP contribution in [0.15, 0.2) is 72.8 Å². The van der Waals surface area contributed by atoms with E-state index in [2.05, 4.69) is 31.1 Å². The van der Waals surface area contributed by atoms with Crippen LogP contribution in [0.3, 0.4) is 0 Å². The van der Waals surface area contributed by atoms with Gasteiger partial charge >= 0.3 is 24.4 Å². The number of anilines is 4. The van der Waals surface area contributed by atoms with E-state index in [1.807, 2.05) is 24.3 Å². The Kier molecular flexibility index (Phi) is 17.1. The highest BCUT2D eigenvalue weighted by Crippen LogP contribution is 2.19. The van der Waals surface area contributed by atoms with Crippen molar-refractivity contribution in [3.63, 3.8) is 0 Å². The minimum atomic E-state index is -0.693. The molecule has 18 heteroatoms. The van der Waals surface area contributed by atoms with Crippen molar-refractivity contribution in [2.45, 2.75) is 132 Å². The predicted octanol–water partition coefficient (Wildman–Crippen LogP) is 9.36. The molecule has 0 spiro atoms. The van der Waals surface area contributed by atoms with E-state index in [9.17, 15) is 19.2 Å². The van der Waals surface area contributed by atoms with Crippen molar-refractivity contribution in [3.05, 3.63) is 95.6 Å². The number of carbonyl (C=O) groups excluding carboxylic acids is 4. The van der Waals surface area contributed by atoms with E-state index in [1.54, 1.807) is 132 Å². The number of rotatable bonds is 15. The molecule has 0 aliphatic carbocycles. The van der Waals surface area contributed by atoms with E-state index in [0.717, 1.165) is 0 Å². The Morgan fingerprint density at radius 3 is 0.781 bits per heavy atom. The van der Waals surface area contributed by atoms with Crippen LogP contribution in [0.25, 0.3) is 0 Å². The molecule has 4 aromatic heterocycles. The molecule has 0 aliphatic rings. The van der Waals surface area contributed by atoms with E-state index in [0.29, 0.717) is 85.3 Å². The molecule has 0 unspecified atom stereocenters. The SMILES string of the molecule is CC(C)(C)OC(=O)Nc1cccc(CN(CCN(Cc2cccc(NC(=O)OC(C)(C)C)n2)Cc2cccc(NC(=O)OC(C)(C)C)n2)Cc2cccc(NC(=O)OC(C)(C)C)n2)n1. The fourth-order valence-electron chi connectivity index (χ4n) is 5.81. The normalized spacial score (nSPS) is 12.0. The maximum Gasteiger partial charge on any atom is 0.413 e. The highest BCUT2D eigenvalue weighted by atomic mass is 16.6. The fraction of sp³-hybridized carbons (Fsp3) is 0.478. The summed E-state index contributed by atoms with van der Waals surface area (Å²) in [4.78, 5) is 73.6. The monoisotopic (exact) mass is 884 g/mol. The smallest absolute Gasteiger partial charge is 0.413 e. The number of carbonyl (C=O) groups is 4. The molecule has 0 saturated carbocycles. The van der Waals surface area contributed by atoms with Crippen LogP contribution < -0.4 is 21.3 Å². The topological polar surface area (TPSA) is 211 Å². The van der Waals surface area contributed by atoms with Gasteiger partial charge in [0, 0.05) is 39.3 Å². The lowest BCUT2D eigenvalue weighted by atomic mass is 10.2. The lowest BCUT2D eigenvalue weighted by Gasteiger charge is -2.28. The van der Waals surface area contributed by atoms with Gasteiger partial charge in [-0.15, -0.1) is 0 Å². The Hall–Kier alpha value is -6.40. The third-order valence-corrected chi connectivity index (χ3v) is 8.02. The number of pyridine rings is 4. The van der Waals surface area contributed by atoms with Crippen LogP contribution in [0, 0.1) is 0 Å². The van der Waals surface area contributed by atoms with Gasteiger partial charge in [0.1, 0.15) is 45.7 Å². The van der Waals surface area contributed by atoms with Crippen LogP contribution in [-0.4, -0.2) is 89.6 Å². The van der Waals surface area contributed by atoms with E-state index in [4.69, 9.17) is 38.9 Å². The first kappa shape index (κ1) is 50.2. The molecule has 4 heterocycles. The summed E-state index contributed by atoms with van der Waals surface area (Å²) in [7, 11) is 0. The molecule has 0 saturated heterocycles. The van der Waals surface area contributed by atoms with Crippen LogP contribution in [0.2, 0.25) is 0 Å². The maximum atomic E-state index is 12.6. The number of nitrogens with zero attached hydrogens (tertiary/aromatic N) is 6. The van der Waals surface area contributed by atoms with Gasteiger partial charge in [0.25, 0.3) is 0 Å². The van der Waals surface area contributed by atoms with Gasteiger partial charge in [0.15, 0.2) is 0 Å². The summed E-state index contributed by atoms with van der Waals surface area (Å²) in [6.07, 6.45) is -2.50. The largest absolute Gasteiger partial charge is 0.444 e. The summed E-state index contributed by atoms with van der Waals surface area (Å²) in [5, 5.41) is 10.9. The molecule has 4 amide bonds. The maximum absolute atomic E-state index is 12.6. The second kappa shape index (κ2) is 21.8. The number of nitrogens with one attached hydrogen (secondary N) is 4. The van der Waals surface area contributed by atoms with Crippen molar-refractivity contribution in [2.24, 2.45) is 0 Å². The summed E-state index contributed by atoms with van der Waals surface area (Å²) < 4.78 is 21.8. The third kappa shape index (κ3) is 20.2. The molecule has 4 aromatic rings. The molecule has 346 valence electrons. The molecule has 0 radical (unpaired) electrons. The average molecular weight is 885 g/mol. The van der Waals surface area contributed by atoms with Crippen molar-refractivity contribution in [1.82, 2.24) is 29.7 Å². The lowest BCUT2D eigenvalue weighted by Crippen LogP contribution is -2.35. The third-order valence-electron chi connectivity index (χ3n) is 8.02. The van der Waals surface area contributed by atoms with Crippen LogP contribution in [-0.2, 0) is 45.1 Å². The minimum absolute atomic E-state index is 0.326. The Morgan fingerprint density at radius 2 is 0.594 bits per heavy atom. The van der Waals surface area contributed by atoms with Gasteiger partial charge in [-0.25, -0.2) is 39.1 Å². The molecule has 64 heavy (non-hydrogen) atoms. The molecule has 4 rings (SSSR count). The Morgan fingerprint density at radius 1 is 0.391 bits per heavy atom. The van der Waals surface area contributed by atoms with Gasteiger partial charge < -0.3 is 18.9 Å². The predicted molar refractivity (Wildman–Crippen MR) is 245 cm³/mol. The first-order chi connectivity index (χ1) is 29.7. The number of hydrogen-bond donors (Lipinski definition) is 4. The Labute approximate surface area is 376 Å². The van der Waals surface area contributed by atoms with Gasteiger partial charge in [0.2, 0.25) is 0 Å². The number of ether oxygens (including phenoxy) is 4. The van der Waals surface area contributed by atoms with Gasteiger partial charge in [-0.3, -0.25) is 31.1 Å². The van der Waals surface area contributed by atoms with Crippen molar-refractivity contribution in [1.29, 1.82) is 0 Å². The highest BCUT2D eigenvalue weighted by molar-refractivity contribution is 5.85. The molecule has 0 aromatic carbocycles. The standard InChI is InChI=1S/C46H64N10O8/c1-43(2,3)61-39(57)51-35-21-13-17-31(47-35)27-55(28-32-18-14-22-36(48-32)52-40(58)62-44(4,5)6)25-26-56(29-33-19-15-23-37(49-33)53-41(59)63-45(7,8)9)30-34-20-16-24-38(50-34)54-42(60)64-46(10,11)12/h13-24H,25-30H2,1-12H3,(H,47,51,57)(H,48,52,58)(H,49,53,59)(H,50,54,60). The summed E-state index contributed by atoms with van der Waals surface area (Å²) in [6, 6.07) is 21.4. The molecule has 0 bridgehead atoms. The van der Waals surface area contributed by atoms with Gasteiger partial charge in [-0.2, -0.15) is 0 Å². The van der Waals surface area contributed by atoms with Gasteiger partial charge in [0.05, 0.1) is 22.8 Å². The zero-order valence-corrected chi connectivity index (χ0v) is 39.1.